The van der Waals surface area contributed by atoms with Gasteiger partial charge in [-0.15, -0.1) is 0 Å². The molecule has 1 saturated carbocycles. The number of halogens is 2. The number of ether oxygens (including phenoxy) is 1. The summed E-state index contributed by atoms with van der Waals surface area (Å²) >= 11 is 0. The van der Waals surface area contributed by atoms with Gasteiger partial charge in [0, 0.05) is 31.2 Å². The van der Waals surface area contributed by atoms with Gasteiger partial charge in [0.25, 0.3) is 5.91 Å². The number of benzene rings is 1. The van der Waals surface area contributed by atoms with Crippen molar-refractivity contribution in [3.8, 4) is 5.75 Å². The molecule has 2 heterocycles. The van der Waals surface area contributed by atoms with Crippen LogP contribution in [0, 0.1) is 17.6 Å². The Labute approximate surface area is 153 Å². The quantitative estimate of drug-likeness (QED) is 0.823. The topological polar surface area (TPSA) is 32.8 Å². The molecule has 1 aromatic rings. The summed E-state index contributed by atoms with van der Waals surface area (Å²) in [5.41, 5.74) is 0. The molecule has 0 radical (unpaired) electrons. The highest BCUT2D eigenvalue weighted by molar-refractivity contribution is 5.81. The van der Waals surface area contributed by atoms with Gasteiger partial charge in [0.15, 0.2) is 17.7 Å². The first-order valence-electron chi connectivity index (χ1n) is 9.69. The molecule has 0 aromatic heterocycles. The van der Waals surface area contributed by atoms with Crippen LogP contribution in [0.2, 0.25) is 0 Å². The number of hydrogen-bond acceptors (Lipinski definition) is 3. The van der Waals surface area contributed by atoms with Crippen LogP contribution in [0.25, 0.3) is 0 Å². The van der Waals surface area contributed by atoms with Gasteiger partial charge >= 0.3 is 0 Å². The molecule has 0 bridgehead atoms. The molecule has 3 fully saturated rings. The number of hydrogen-bond donors (Lipinski definition) is 0. The number of nitrogens with zero attached hydrogens (tertiary/aromatic N) is 2. The normalized spacial score (nSPS) is 27.7. The van der Waals surface area contributed by atoms with Gasteiger partial charge in [-0.3, -0.25) is 9.69 Å². The van der Waals surface area contributed by atoms with Gasteiger partial charge in [-0.25, -0.2) is 8.78 Å². The summed E-state index contributed by atoms with van der Waals surface area (Å²) in [7, 11) is 0. The summed E-state index contributed by atoms with van der Waals surface area (Å²) in [5, 5.41) is 0. The predicted molar refractivity (Wildman–Crippen MR) is 93.9 cm³/mol. The summed E-state index contributed by atoms with van der Waals surface area (Å²) in [6, 6.07) is 4.74. The zero-order valence-corrected chi connectivity index (χ0v) is 15.2. The number of fused-ring (bicyclic) bond motifs is 1. The van der Waals surface area contributed by atoms with E-state index in [0.717, 1.165) is 37.7 Å². The van der Waals surface area contributed by atoms with Gasteiger partial charge in [0.2, 0.25) is 0 Å². The van der Waals surface area contributed by atoms with Crippen molar-refractivity contribution in [2.24, 2.45) is 5.92 Å². The van der Waals surface area contributed by atoms with Crippen molar-refractivity contribution < 1.29 is 18.3 Å². The number of likely N-dealkylation sites (tertiary alicyclic amines) is 2. The van der Waals surface area contributed by atoms with Crippen LogP contribution >= 0.6 is 0 Å². The van der Waals surface area contributed by atoms with Gasteiger partial charge in [0.05, 0.1) is 0 Å². The van der Waals surface area contributed by atoms with E-state index in [-0.39, 0.29) is 11.7 Å². The molecule has 1 aliphatic carbocycles. The summed E-state index contributed by atoms with van der Waals surface area (Å²) in [6.07, 6.45) is 5.34. The molecular formula is C20H26F2N2O2. The maximum absolute atomic E-state index is 13.3. The second-order valence-corrected chi connectivity index (χ2v) is 7.85. The largest absolute Gasteiger partial charge is 0.481 e. The minimum atomic E-state index is -0.967. The zero-order valence-electron chi connectivity index (χ0n) is 15.2. The van der Waals surface area contributed by atoms with Crippen LogP contribution < -0.4 is 4.74 Å². The predicted octanol–water partition coefficient (Wildman–Crippen LogP) is 3.21. The van der Waals surface area contributed by atoms with E-state index in [4.69, 9.17) is 4.74 Å². The zero-order chi connectivity index (χ0) is 18.3. The Balaban J connectivity index is 1.36. The summed E-state index contributed by atoms with van der Waals surface area (Å²) in [4.78, 5) is 17.3. The van der Waals surface area contributed by atoms with Crippen molar-refractivity contribution >= 4 is 5.91 Å². The lowest BCUT2D eigenvalue weighted by molar-refractivity contribution is -0.141. The molecule has 0 unspecified atom stereocenters. The molecule has 0 spiro atoms. The Bertz CT molecular complexity index is 680. The fraction of sp³-hybridized carbons (Fsp3) is 0.650. The molecule has 4 rings (SSSR count). The minimum absolute atomic E-state index is 0.0725. The number of carbonyl (C=O) groups excluding carboxylic acids is 1. The number of amides is 1. The molecule has 1 aromatic carbocycles. The lowest BCUT2D eigenvalue weighted by Crippen LogP contribution is -2.57. The van der Waals surface area contributed by atoms with Crippen LogP contribution in [0.3, 0.4) is 0 Å². The molecule has 6 heteroatoms. The standard InChI is InChI=1S/C20H26F2N2O2/c1-13(26-16-6-7-17(21)18(22)11-16)20(25)23-10-8-19-14(12-23)3-2-9-24(19)15-4-5-15/h6-7,11,13-15,19H,2-5,8-10,12H2,1H3/t13-,14-,19+/m0/s1. The maximum atomic E-state index is 13.3. The average Bonchev–Trinajstić information content (AvgIpc) is 3.48. The third kappa shape index (κ3) is 3.56. The van der Waals surface area contributed by atoms with E-state index in [9.17, 15) is 13.6 Å². The van der Waals surface area contributed by atoms with Crippen molar-refractivity contribution in [1.82, 2.24) is 9.80 Å². The average molecular weight is 364 g/mol. The summed E-state index contributed by atoms with van der Waals surface area (Å²) in [5.74, 6) is -1.24. The van der Waals surface area contributed by atoms with E-state index in [1.807, 2.05) is 4.90 Å². The molecule has 0 N–H and O–H groups in total. The third-order valence-corrected chi connectivity index (χ3v) is 5.99. The Morgan fingerprint density at radius 2 is 1.96 bits per heavy atom. The Morgan fingerprint density at radius 1 is 1.15 bits per heavy atom. The van der Waals surface area contributed by atoms with Crippen molar-refractivity contribution in [1.29, 1.82) is 0 Å². The van der Waals surface area contributed by atoms with Gasteiger partial charge < -0.3 is 9.64 Å². The molecular weight excluding hydrogens is 338 g/mol. The SMILES string of the molecule is C[C@H](Oc1ccc(F)c(F)c1)C(=O)N1CC[C@@H]2[C@@H](CCCN2C2CC2)C1. The highest BCUT2D eigenvalue weighted by Gasteiger charge is 2.43. The van der Waals surface area contributed by atoms with E-state index < -0.39 is 17.7 Å². The van der Waals surface area contributed by atoms with Gasteiger partial charge in [-0.05, 0) is 63.6 Å². The lowest BCUT2D eigenvalue weighted by Gasteiger charge is -2.47. The van der Waals surface area contributed by atoms with E-state index >= 15 is 0 Å². The monoisotopic (exact) mass is 364 g/mol. The molecule has 3 aliphatic rings. The molecule has 2 aliphatic heterocycles. The molecule has 3 atom stereocenters. The van der Waals surface area contributed by atoms with Gasteiger partial charge in [-0.1, -0.05) is 0 Å². The second kappa shape index (κ2) is 7.14. The van der Waals surface area contributed by atoms with Gasteiger partial charge in [-0.2, -0.15) is 0 Å². The minimum Gasteiger partial charge on any atom is -0.481 e. The van der Waals surface area contributed by atoms with Crippen molar-refractivity contribution in [2.75, 3.05) is 19.6 Å². The molecule has 2 saturated heterocycles. The van der Waals surface area contributed by atoms with E-state index in [1.165, 1.54) is 38.3 Å². The summed E-state index contributed by atoms with van der Waals surface area (Å²) < 4.78 is 31.9. The van der Waals surface area contributed by atoms with Crippen molar-refractivity contribution in [2.45, 2.75) is 57.2 Å². The Hall–Kier alpha value is -1.69. The molecule has 26 heavy (non-hydrogen) atoms. The second-order valence-electron chi connectivity index (χ2n) is 7.85. The third-order valence-electron chi connectivity index (χ3n) is 5.99. The highest BCUT2D eigenvalue weighted by atomic mass is 19.2. The lowest BCUT2D eigenvalue weighted by atomic mass is 9.83. The number of piperidine rings is 2. The van der Waals surface area contributed by atoms with Crippen LogP contribution in [0.5, 0.6) is 5.75 Å². The molecule has 4 nitrogen and oxygen atoms in total. The maximum Gasteiger partial charge on any atom is 0.263 e. The Kier molecular flexibility index (Phi) is 4.86. The van der Waals surface area contributed by atoms with Crippen molar-refractivity contribution in [3.63, 3.8) is 0 Å². The number of carbonyl (C=O) groups is 1. The fourth-order valence-electron chi connectivity index (χ4n) is 4.56. The van der Waals surface area contributed by atoms with Crippen LogP contribution in [0.1, 0.15) is 39.0 Å². The Morgan fingerprint density at radius 3 is 2.69 bits per heavy atom. The van der Waals surface area contributed by atoms with Crippen LogP contribution in [-0.4, -0.2) is 53.5 Å². The first-order valence-corrected chi connectivity index (χ1v) is 9.69. The van der Waals surface area contributed by atoms with Crippen LogP contribution in [0.4, 0.5) is 8.78 Å². The van der Waals surface area contributed by atoms with Gasteiger partial charge in [0.1, 0.15) is 5.75 Å². The van der Waals surface area contributed by atoms with E-state index in [1.54, 1.807) is 6.92 Å². The first kappa shape index (κ1) is 17.7. The van der Waals surface area contributed by atoms with Crippen LogP contribution in [-0.2, 0) is 4.79 Å². The van der Waals surface area contributed by atoms with E-state index in [2.05, 4.69) is 4.90 Å². The number of rotatable bonds is 4. The molecule has 142 valence electrons. The fourth-order valence-corrected chi connectivity index (χ4v) is 4.56. The smallest absolute Gasteiger partial charge is 0.263 e. The van der Waals surface area contributed by atoms with E-state index in [0.29, 0.717) is 12.0 Å². The highest BCUT2D eigenvalue weighted by Crippen LogP contribution is 2.38. The summed E-state index contributed by atoms with van der Waals surface area (Å²) in [6.45, 7) is 4.40. The van der Waals surface area contributed by atoms with Crippen molar-refractivity contribution in [3.05, 3.63) is 29.8 Å². The van der Waals surface area contributed by atoms with Crippen LogP contribution in [0.15, 0.2) is 18.2 Å². The first-order chi connectivity index (χ1) is 12.5. The molecule has 1 amide bonds.